The van der Waals surface area contributed by atoms with E-state index in [1.165, 1.54) is 12.1 Å². The number of nitro groups is 1. The Labute approximate surface area is 111 Å². The van der Waals surface area contributed by atoms with Crippen LogP contribution in [0.15, 0.2) is 18.2 Å². The van der Waals surface area contributed by atoms with E-state index < -0.39 is 4.92 Å². The number of likely N-dealkylation sites (tertiary alicyclic amines) is 1. The third-order valence-electron chi connectivity index (χ3n) is 3.58. The molecule has 2 rings (SSSR count). The van der Waals surface area contributed by atoms with Crippen molar-refractivity contribution >= 4 is 11.4 Å². The van der Waals surface area contributed by atoms with E-state index in [9.17, 15) is 10.1 Å². The lowest BCUT2D eigenvalue weighted by Gasteiger charge is -2.15. The predicted molar refractivity (Wildman–Crippen MR) is 71.9 cm³/mol. The summed E-state index contributed by atoms with van der Waals surface area (Å²) in [6.45, 7) is 3.06. The molecule has 1 aromatic rings. The van der Waals surface area contributed by atoms with Gasteiger partial charge in [0.2, 0.25) is 0 Å². The number of hydrogen-bond acceptors (Lipinski definition) is 5. The smallest absolute Gasteiger partial charge is 0.270 e. The van der Waals surface area contributed by atoms with Crippen LogP contribution >= 0.6 is 0 Å². The molecule has 0 aliphatic carbocycles. The van der Waals surface area contributed by atoms with Crippen molar-refractivity contribution < 1.29 is 4.92 Å². The molecule has 0 aromatic heterocycles. The monoisotopic (exact) mass is 260 g/mol. The molecular formula is C13H16N4O2. The number of nitrogens with one attached hydrogen (secondary N) is 1. The Balaban J connectivity index is 2.17. The maximum absolute atomic E-state index is 10.7. The van der Waals surface area contributed by atoms with Gasteiger partial charge in [-0.25, -0.2) is 0 Å². The number of benzene rings is 1. The number of non-ortho nitro benzene ring substituents is 1. The molecular weight excluding hydrogens is 244 g/mol. The first kappa shape index (κ1) is 13.3. The number of nitrogens with zero attached hydrogens (tertiary/aromatic N) is 3. The first-order chi connectivity index (χ1) is 9.01. The normalized spacial score (nSPS) is 23.0. The highest BCUT2D eigenvalue weighted by Gasteiger charge is 2.26. The molecule has 100 valence electrons. The van der Waals surface area contributed by atoms with Gasteiger partial charge in [0, 0.05) is 30.8 Å². The Kier molecular flexibility index (Phi) is 3.67. The summed E-state index contributed by atoms with van der Waals surface area (Å²) in [5, 5.41) is 23.1. The fraction of sp³-hybridized carbons (Fsp3) is 0.462. The number of nitro benzene ring substituents is 1. The van der Waals surface area contributed by atoms with E-state index in [-0.39, 0.29) is 11.7 Å². The first-order valence-electron chi connectivity index (χ1n) is 6.16. The Bertz CT molecular complexity index is 528. The van der Waals surface area contributed by atoms with Crippen molar-refractivity contribution in [2.75, 3.05) is 18.9 Å². The summed E-state index contributed by atoms with van der Waals surface area (Å²) < 4.78 is 0. The second kappa shape index (κ2) is 5.24. The summed E-state index contributed by atoms with van der Waals surface area (Å²) in [6, 6.07) is 7.12. The number of rotatable bonds is 3. The second-order valence-corrected chi connectivity index (χ2v) is 4.96. The Morgan fingerprint density at radius 2 is 2.32 bits per heavy atom. The third kappa shape index (κ3) is 2.83. The van der Waals surface area contributed by atoms with Crippen molar-refractivity contribution in [3.05, 3.63) is 33.9 Å². The van der Waals surface area contributed by atoms with Crippen molar-refractivity contribution in [1.29, 1.82) is 5.26 Å². The largest absolute Gasteiger partial charge is 0.380 e. The first-order valence-corrected chi connectivity index (χ1v) is 6.16. The topological polar surface area (TPSA) is 82.2 Å². The van der Waals surface area contributed by atoms with Gasteiger partial charge in [0.1, 0.15) is 6.07 Å². The van der Waals surface area contributed by atoms with E-state index in [4.69, 9.17) is 5.26 Å². The fourth-order valence-corrected chi connectivity index (χ4v) is 2.38. The van der Waals surface area contributed by atoms with E-state index in [0.29, 0.717) is 17.3 Å². The summed E-state index contributed by atoms with van der Waals surface area (Å²) in [5.41, 5.74) is 0.927. The minimum absolute atomic E-state index is 0.0565. The standard InChI is InChI=1S/C13H16N4O2/c1-9-5-11(8-16(9)2)15-13-4-3-12(17(18)19)6-10(13)7-14/h3-4,6,9,11,15H,5,8H2,1-2H3. The average molecular weight is 260 g/mol. The highest BCUT2D eigenvalue weighted by Crippen LogP contribution is 2.25. The molecule has 1 N–H and O–H groups in total. The molecule has 1 aromatic carbocycles. The fourth-order valence-electron chi connectivity index (χ4n) is 2.38. The zero-order valence-corrected chi connectivity index (χ0v) is 11.0. The molecule has 0 amide bonds. The summed E-state index contributed by atoms with van der Waals surface area (Å²) in [4.78, 5) is 12.4. The highest BCUT2D eigenvalue weighted by atomic mass is 16.6. The van der Waals surface area contributed by atoms with Crippen molar-refractivity contribution in [3.8, 4) is 6.07 Å². The van der Waals surface area contributed by atoms with Crippen molar-refractivity contribution in [2.45, 2.75) is 25.4 Å². The van der Waals surface area contributed by atoms with Crippen LogP contribution in [-0.4, -0.2) is 35.5 Å². The number of anilines is 1. The van der Waals surface area contributed by atoms with Crippen LogP contribution in [0.1, 0.15) is 18.9 Å². The Hall–Kier alpha value is -2.13. The highest BCUT2D eigenvalue weighted by molar-refractivity contribution is 5.61. The van der Waals surface area contributed by atoms with Gasteiger partial charge >= 0.3 is 0 Å². The molecule has 0 radical (unpaired) electrons. The molecule has 1 aliphatic heterocycles. The van der Waals surface area contributed by atoms with Gasteiger partial charge in [-0.15, -0.1) is 0 Å². The molecule has 1 aliphatic rings. The lowest BCUT2D eigenvalue weighted by atomic mass is 10.1. The quantitative estimate of drug-likeness (QED) is 0.663. The molecule has 6 nitrogen and oxygen atoms in total. The van der Waals surface area contributed by atoms with Crippen LogP contribution in [0, 0.1) is 21.4 Å². The molecule has 1 heterocycles. The van der Waals surface area contributed by atoms with Crippen molar-refractivity contribution in [2.24, 2.45) is 0 Å². The van der Waals surface area contributed by atoms with Crippen molar-refractivity contribution in [1.82, 2.24) is 4.90 Å². The zero-order chi connectivity index (χ0) is 14.0. The van der Waals surface area contributed by atoms with Crippen LogP contribution in [0.4, 0.5) is 11.4 Å². The van der Waals surface area contributed by atoms with Gasteiger partial charge in [-0.1, -0.05) is 0 Å². The van der Waals surface area contributed by atoms with E-state index in [1.807, 2.05) is 6.07 Å². The lowest BCUT2D eigenvalue weighted by Crippen LogP contribution is -2.25. The third-order valence-corrected chi connectivity index (χ3v) is 3.58. The van der Waals surface area contributed by atoms with Gasteiger partial charge in [0.15, 0.2) is 0 Å². The van der Waals surface area contributed by atoms with Gasteiger partial charge in [-0.2, -0.15) is 5.26 Å². The summed E-state index contributed by atoms with van der Waals surface area (Å²) in [5.74, 6) is 0. The number of likely N-dealkylation sites (N-methyl/N-ethyl adjacent to an activating group) is 1. The van der Waals surface area contributed by atoms with Crippen LogP contribution in [0.3, 0.4) is 0 Å². The molecule has 0 bridgehead atoms. The molecule has 0 saturated carbocycles. The van der Waals surface area contributed by atoms with E-state index in [0.717, 1.165) is 13.0 Å². The average Bonchev–Trinajstić information content (AvgIpc) is 2.68. The van der Waals surface area contributed by atoms with Gasteiger partial charge in [0.05, 0.1) is 16.2 Å². The number of nitriles is 1. The SMILES string of the molecule is CC1CC(Nc2ccc([N+](=O)[O-])cc2C#N)CN1C. The summed E-state index contributed by atoms with van der Waals surface area (Å²) in [7, 11) is 2.06. The van der Waals surface area contributed by atoms with Gasteiger partial charge < -0.3 is 10.2 Å². The van der Waals surface area contributed by atoms with Crippen molar-refractivity contribution in [3.63, 3.8) is 0 Å². The van der Waals surface area contributed by atoms with Crippen LogP contribution in [0.25, 0.3) is 0 Å². The number of hydrogen-bond donors (Lipinski definition) is 1. The van der Waals surface area contributed by atoms with Crippen LogP contribution in [0.2, 0.25) is 0 Å². The van der Waals surface area contributed by atoms with E-state index in [1.54, 1.807) is 6.07 Å². The molecule has 6 heteroatoms. The van der Waals surface area contributed by atoms with E-state index in [2.05, 4.69) is 24.2 Å². The zero-order valence-electron chi connectivity index (χ0n) is 11.0. The Morgan fingerprint density at radius 1 is 1.58 bits per heavy atom. The lowest BCUT2D eigenvalue weighted by molar-refractivity contribution is -0.384. The molecule has 0 spiro atoms. The van der Waals surface area contributed by atoms with Gasteiger partial charge in [-0.3, -0.25) is 10.1 Å². The van der Waals surface area contributed by atoms with Crippen LogP contribution in [0.5, 0.6) is 0 Å². The minimum atomic E-state index is -0.490. The second-order valence-electron chi connectivity index (χ2n) is 4.96. The summed E-state index contributed by atoms with van der Waals surface area (Å²) >= 11 is 0. The van der Waals surface area contributed by atoms with Crippen LogP contribution < -0.4 is 5.32 Å². The van der Waals surface area contributed by atoms with Crippen LogP contribution in [-0.2, 0) is 0 Å². The Morgan fingerprint density at radius 3 is 2.84 bits per heavy atom. The van der Waals surface area contributed by atoms with Gasteiger partial charge in [-0.05, 0) is 26.5 Å². The van der Waals surface area contributed by atoms with Gasteiger partial charge in [0.25, 0.3) is 5.69 Å². The molecule has 1 fully saturated rings. The molecule has 2 atom stereocenters. The molecule has 19 heavy (non-hydrogen) atoms. The molecule has 2 unspecified atom stereocenters. The summed E-state index contributed by atoms with van der Waals surface area (Å²) in [6.07, 6.45) is 0.998. The molecule has 1 saturated heterocycles. The predicted octanol–water partition coefficient (Wildman–Crippen LogP) is 1.97. The maximum atomic E-state index is 10.7. The minimum Gasteiger partial charge on any atom is -0.380 e. The maximum Gasteiger partial charge on any atom is 0.270 e. The van der Waals surface area contributed by atoms with E-state index >= 15 is 0 Å².